The molecule has 0 spiro atoms. The van der Waals surface area contributed by atoms with Gasteiger partial charge in [0.05, 0.1) is 10.6 Å². The van der Waals surface area contributed by atoms with Crippen LogP contribution in [-0.2, 0) is 26.2 Å². The summed E-state index contributed by atoms with van der Waals surface area (Å²) in [6.07, 6.45) is 0. The van der Waals surface area contributed by atoms with Gasteiger partial charge in [0.25, 0.3) is 10.0 Å². The number of hydrogen-bond acceptors (Lipinski definition) is 4. The molecule has 1 unspecified atom stereocenters. The number of hydrogen-bond donors (Lipinski definition) is 1. The molecule has 0 saturated carbocycles. The second-order valence-electron chi connectivity index (χ2n) is 10.4. The van der Waals surface area contributed by atoms with E-state index in [9.17, 15) is 22.4 Å². The van der Waals surface area contributed by atoms with Gasteiger partial charge >= 0.3 is 0 Å². The lowest BCUT2D eigenvalue weighted by Gasteiger charge is -2.33. The monoisotopic (exact) mass is 607 g/mol. The summed E-state index contributed by atoms with van der Waals surface area (Å²) in [7, 11) is -4.38. The van der Waals surface area contributed by atoms with Crippen LogP contribution in [0.25, 0.3) is 0 Å². The molecule has 11 heteroatoms. The van der Waals surface area contributed by atoms with Crippen molar-refractivity contribution in [2.24, 2.45) is 0 Å². The number of benzene rings is 3. The summed E-state index contributed by atoms with van der Waals surface area (Å²) >= 11 is 12.4. The number of aryl methyl sites for hydroxylation is 1. The van der Waals surface area contributed by atoms with Crippen LogP contribution in [0.3, 0.4) is 0 Å². The highest BCUT2D eigenvalue weighted by Crippen LogP contribution is 2.28. The Morgan fingerprint density at radius 2 is 1.62 bits per heavy atom. The Morgan fingerprint density at radius 3 is 2.20 bits per heavy atom. The maximum atomic E-state index is 15.0. The number of carbonyl (C=O) groups is 2. The van der Waals surface area contributed by atoms with E-state index in [0.717, 1.165) is 15.9 Å². The molecule has 0 aromatic heterocycles. The van der Waals surface area contributed by atoms with Gasteiger partial charge in [-0.3, -0.25) is 13.9 Å². The number of nitrogens with zero attached hydrogens (tertiary/aromatic N) is 2. The molecule has 1 atom stereocenters. The fourth-order valence-corrected chi connectivity index (χ4v) is 5.79. The molecule has 0 aliphatic rings. The minimum absolute atomic E-state index is 0.111. The van der Waals surface area contributed by atoms with Crippen molar-refractivity contribution in [3.05, 3.63) is 93.7 Å². The molecule has 2 amide bonds. The van der Waals surface area contributed by atoms with Gasteiger partial charge in [-0.25, -0.2) is 12.8 Å². The van der Waals surface area contributed by atoms with Crippen LogP contribution in [0.4, 0.5) is 10.1 Å². The molecule has 0 saturated heterocycles. The van der Waals surface area contributed by atoms with E-state index in [-0.39, 0.29) is 22.2 Å². The summed E-state index contributed by atoms with van der Waals surface area (Å²) in [4.78, 5) is 28.2. The fraction of sp³-hybridized carbons (Fsp3) is 0.310. The molecular weight excluding hydrogens is 576 g/mol. The normalized spacial score (nSPS) is 12.5. The van der Waals surface area contributed by atoms with E-state index in [2.05, 4.69) is 5.32 Å². The molecule has 0 fully saturated rings. The second-order valence-corrected chi connectivity index (χ2v) is 13.2. The van der Waals surface area contributed by atoms with Crippen LogP contribution in [0, 0.1) is 12.7 Å². The Morgan fingerprint density at radius 1 is 1.00 bits per heavy atom. The number of sulfonamides is 1. The van der Waals surface area contributed by atoms with E-state index in [4.69, 9.17) is 23.2 Å². The molecule has 0 aliphatic carbocycles. The zero-order valence-corrected chi connectivity index (χ0v) is 25.2. The first kappa shape index (κ1) is 31.4. The van der Waals surface area contributed by atoms with Crippen LogP contribution in [0.5, 0.6) is 0 Å². The highest BCUT2D eigenvalue weighted by atomic mass is 35.5. The Balaban J connectivity index is 2.07. The standard InChI is InChI=1S/C29H32Cl2FN3O4S/c1-19-10-14-23(15-11-19)40(38,39)35(26-9-7-6-8-25(26)32)18-27(36)34(20(2)28(37)33-29(3,4)5)17-21-12-13-22(30)16-24(21)31/h6-16,20H,17-18H2,1-5H3,(H,33,37). The van der Waals surface area contributed by atoms with Crippen LogP contribution in [-0.4, -0.2) is 43.3 Å². The molecule has 3 aromatic rings. The average molecular weight is 609 g/mol. The Kier molecular flexibility index (Phi) is 9.87. The summed E-state index contributed by atoms with van der Waals surface area (Å²) < 4.78 is 43.2. The molecule has 40 heavy (non-hydrogen) atoms. The van der Waals surface area contributed by atoms with E-state index in [1.807, 2.05) is 0 Å². The molecule has 3 rings (SSSR count). The number of para-hydroxylation sites is 1. The zero-order chi connectivity index (χ0) is 29.8. The highest BCUT2D eigenvalue weighted by molar-refractivity contribution is 7.92. The minimum Gasteiger partial charge on any atom is -0.350 e. The molecule has 1 N–H and O–H groups in total. The zero-order valence-electron chi connectivity index (χ0n) is 22.9. The maximum Gasteiger partial charge on any atom is 0.264 e. The SMILES string of the molecule is Cc1ccc(S(=O)(=O)N(CC(=O)N(Cc2ccc(Cl)cc2Cl)C(C)C(=O)NC(C)(C)C)c2ccccc2F)cc1. The summed E-state index contributed by atoms with van der Waals surface area (Å²) in [5, 5.41) is 3.50. The van der Waals surface area contributed by atoms with E-state index in [0.29, 0.717) is 10.6 Å². The van der Waals surface area contributed by atoms with Crippen LogP contribution in [0.15, 0.2) is 71.6 Å². The van der Waals surface area contributed by atoms with Crippen LogP contribution in [0.2, 0.25) is 10.0 Å². The molecule has 0 radical (unpaired) electrons. The van der Waals surface area contributed by atoms with Gasteiger partial charge in [-0.2, -0.15) is 0 Å². The van der Waals surface area contributed by atoms with Crippen molar-refractivity contribution < 1.29 is 22.4 Å². The maximum absolute atomic E-state index is 15.0. The minimum atomic E-state index is -4.38. The van der Waals surface area contributed by atoms with Crippen molar-refractivity contribution >= 4 is 50.7 Å². The fourth-order valence-electron chi connectivity index (χ4n) is 3.89. The van der Waals surface area contributed by atoms with E-state index < -0.39 is 45.8 Å². The molecule has 0 heterocycles. The Hall–Kier alpha value is -3.14. The average Bonchev–Trinajstić information content (AvgIpc) is 2.86. The lowest BCUT2D eigenvalue weighted by atomic mass is 10.1. The molecule has 7 nitrogen and oxygen atoms in total. The van der Waals surface area contributed by atoms with Crippen molar-refractivity contribution in [2.45, 2.75) is 57.6 Å². The second kappa shape index (κ2) is 12.6. The van der Waals surface area contributed by atoms with Crippen LogP contribution in [0.1, 0.15) is 38.8 Å². The van der Waals surface area contributed by atoms with Gasteiger partial charge in [-0.15, -0.1) is 0 Å². The van der Waals surface area contributed by atoms with Crippen LogP contribution >= 0.6 is 23.2 Å². The number of nitrogens with one attached hydrogen (secondary N) is 1. The number of carbonyl (C=O) groups excluding carboxylic acids is 2. The van der Waals surface area contributed by atoms with Gasteiger partial charge in [-0.1, -0.05) is 59.1 Å². The highest BCUT2D eigenvalue weighted by Gasteiger charge is 2.34. The quantitative estimate of drug-likeness (QED) is 0.325. The van der Waals surface area contributed by atoms with Crippen molar-refractivity contribution in [2.75, 3.05) is 10.8 Å². The first-order valence-corrected chi connectivity index (χ1v) is 14.7. The Bertz CT molecular complexity index is 1490. The topological polar surface area (TPSA) is 86.8 Å². The third kappa shape index (κ3) is 7.74. The molecule has 0 bridgehead atoms. The Labute approximate surface area is 244 Å². The predicted octanol–water partition coefficient (Wildman–Crippen LogP) is 5.97. The number of anilines is 1. The summed E-state index contributed by atoms with van der Waals surface area (Å²) in [5.41, 5.74) is 0.435. The largest absolute Gasteiger partial charge is 0.350 e. The van der Waals surface area contributed by atoms with Gasteiger partial charge in [0.2, 0.25) is 11.8 Å². The van der Waals surface area contributed by atoms with Crippen molar-refractivity contribution in [3.8, 4) is 0 Å². The van der Waals surface area contributed by atoms with E-state index in [1.165, 1.54) is 48.2 Å². The third-order valence-corrected chi connectivity index (χ3v) is 8.39. The predicted molar refractivity (Wildman–Crippen MR) is 156 cm³/mol. The van der Waals surface area contributed by atoms with Crippen molar-refractivity contribution in [3.63, 3.8) is 0 Å². The molecule has 3 aromatic carbocycles. The third-order valence-electron chi connectivity index (χ3n) is 6.03. The van der Waals surface area contributed by atoms with Crippen molar-refractivity contribution in [1.29, 1.82) is 0 Å². The summed E-state index contributed by atoms with van der Waals surface area (Å²) in [6, 6.07) is 15.0. The first-order valence-electron chi connectivity index (χ1n) is 12.5. The smallest absolute Gasteiger partial charge is 0.264 e. The van der Waals surface area contributed by atoms with Gasteiger partial charge in [0, 0.05) is 22.1 Å². The van der Waals surface area contributed by atoms with Gasteiger partial charge in [0.15, 0.2) is 0 Å². The lowest BCUT2D eigenvalue weighted by Crippen LogP contribution is -2.54. The number of rotatable bonds is 9. The molecule has 214 valence electrons. The van der Waals surface area contributed by atoms with E-state index >= 15 is 0 Å². The summed E-state index contributed by atoms with van der Waals surface area (Å²) in [5.74, 6) is -2.01. The number of amides is 2. The van der Waals surface area contributed by atoms with E-state index in [1.54, 1.807) is 52.0 Å². The summed E-state index contributed by atoms with van der Waals surface area (Å²) in [6.45, 7) is 7.84. The molecular formula is C29H32Cl2FN3O4S. The number of halogens is 3. The first-order chi connectivity index (χ1) is 18.6. The van der Waals surface area contributed by atoms with Crippen molar-refractivity contribution in [1.82, 2.24) is 10.2 Å². The van der Waals surface area contributed by atoms with Gasteiger partial charge in [-0.05, 0) is 76.6 Å². The van der Waals surface area contributed by atoms with Gasteiger partial charge < -0.3 is 10.2 Å². The lowest BCUT2D eigenvalue weighted by molar-refractivity contribution is -0.140. The van der Waals surface area contributed by atoms with Gasteiger partial charge in [0.1, 0.15) is 18.4 Å². The molecule has 0 aliphatic heterocycles. The van der Waals surface area contributed by atoms with Crippen LogP contribution < -0.4 is 9.62 Å².